The summed E-state index contributed by atoms with van der Waals surface area (Å²) in [6, 6.07) is 6.23. The fourth-order valence-corrected chi connectivity index (χ4v) is 3.13. The second-order valence-corrected chi connectivity index (χ2v) is 7.60. The zero-order valence-corrected chi connectivity index (χ0v) is 17.2. The summed E-state index contributed by atoms with van der Waals surface area (Å²) in [6.07, 6.45) is 1.85. The van der Waals surface area contributed by atoms with Gasteiger partial charge in [0.15, 0.2) is 5.96 Å². The number of aryl methyl sites for hydroxylation is 1. The number of aliphatic hydroxyl groups excluding tert-OH is 1. The van der Waals surface area contributed by atoms with Crippen LogP contribution in [0.25, 0.3) is 0 Å². The minimum atomic E-state index is -0.135. The summed E-state index contributed by atoms with van der Waals surface area (Å²) < 4.78 is 11.4. The van der Waals surface area contributed by atoms with Crippen LogP contribution in [0.4, 0.5) is 0 Å². The van der Waals surface area contributed by atoms with Gasteiger partial charge in [-0.3, -0.25) is 0 Å². The maximum atomic E-state index is 9.87. The number of nitrogens with one attached hydrogen (secondary N) is 2. The maximum Gasteiger partial charge on any atom is 0.191 e. The number of rotatable bonds is 8. The predicted octanol–water partition coefficient (Wildman–Crippen LogP) is 2.63. The van der Waals surface area contributed by atoms with Gasteiger partial charge >= 0.3 is 0 Å². The van der Waals surface area contributed by atoms with Crippen LogP contribution in [-0.4, -0.2) is 50.1 Å². The summed E-state index contributed by atoms with van der Waals surface area (Å²) >= 11 is 0. The van der Waals surface area contributed by atoms with Gasteiger partial charge in [-0.2, -0.15) is 0 Å². The van der Waals surface area contributed by atoms with E-state index in [9.17, 15) is 5.11 Å². The Bertz CT molecular complexity index is 611. The molecule has 1 aromatic carbocycles. The molecule has 1 fully saturated rings. The first-order valence-corrected chi connectivity index (χ1v) is 9.95. The molecule has 0 atom stereocenters. The monoisotopic (exact) mass is 377 g/mol. The van der Waals surface area contributed by atoms with Gasteiger partial charge in [0.1, 0.15) is 5.75 Å². The Balaban J connectivity index is 2.06. The molecule has 0 spiro atoms. The van der Waals surface area contributed by atoms with Gasteiger partial charge in [0, 0.05) is 37.3 Å². The number of hydrogen-bond donors (Lipinski definition) is 3. The van der Waals surface area contributed by atoms with E-state index in [2.05, 4.69) is 35.8 Å². The Morgan fingerprint density at radius 3 is 2.67 bits per heavy atom. The Morgan fingerprint density at radius 1 is 1.30 bits per heavy atom. The summed E-state index contributed by atoms with van der Waals surface area (Å²) in [5, 5.41) is 16.6. The van der Waals surface area contributed by atoms with Crippen molar-refractivity contribution in [2.75, 3.05) is 32.9 Å². The average Bonchev–Trinajstić information content (AvgIpc) is 2.65. The van der Waals surface area contributed by atoms with Gasteiger partial charge < -0.3 is 25.2 Å². The van der Waals surface area contributed by atoms with Crippen molar-refractivity contribution in [2.45, 2.75) is 53.2 Å². The standard InChI is InChI=1S/C21H35N3O3/c1-5-22-20(24-14-21(15-25)8-10-26-11-9-21)23-13-18-7-6-17(4)12-19(18)27-16(2)3/h6-7,12,16,25H,5,8-11,13-15H2,1-4H3,(H2,22,23,24). The molecular formula is C21H35N3O3. The van der Waals surface area contributed by atoms with Gasteiger partial charge in [-0.1, -0.05) is 12.1 Å². The summed E-state index contributed by atoms with van der Waals surface area (Å²) in [6.45, 7) is 11.7. The lowest BCUT2D eigenvalue weighted by molar-refractivity contribution is -0.0131. The quantitative estimate of drug-likeness (QED) is 0.480. The Hall–Kier alpha value is -1.79. The highest BCUT2D eigenvalue weighted by Crippen LogP contribution is 2.29. The van der Waals surface area contributed by atoms with Gasteiger partial charge in [-0.15, -0.1) is 0 Å². The van der Waals surface area contributed by atoms with Crippen LogP contribution in [0.3, 0.4) is 0 Å². The molecule has 0 aliphatic carbocycles. The van der Waals surface area contributed by atoms with Crippen LogP contribution in [0, 0.1) is 12.3 Å². The van der Waals surface area contributed by atoms with Crippen molar-refractivity contribution < 1.29 is 14.6 Å². The molecule has 1 heterocycles. The van der Waals surface area contributed by atoms with Crippen LogP contribution in [0.15, 0.2) is 23.2 Å². The Kier molecular flexibility index (Phi) is 8.38. The minimum absolute atomic E-state index is 0.124. The molecule has 3 N–H and O–H groups in total. The van der Waals surface area contributed by atoms with Crippen LogP contribution in [0.5, 0.6) is 5.75 Å². The molecular weight excluding hydrogens is 342 g/mol. The maximum absolute atomic E-state index is 9.87. The van der Waals surface area contributed by atoms with E-state index < -0.39 is 0 Å². The van der Waals surface area contributed by atoms with Crippen LogP contribution in [0.1, 0.15) is 44.7 Å². The third-order valence-electron chi connectivity index (χ3n) is 4.86. The molecule has 1 aromatic rings. The predicted molar refractivity (Wildman–Crippen MR) is 109 cm³/mol. The SMILES string of the molecule is CCNC(=NCc1ccc(C)cc1OC(C)C)NCC1(CO)CCOCC1. The van der Waals surface area contributed by atoms with E-state index in [1.165, 1.54) is 5.56 Å². The smallest absolute Gasteiger partial charge is 0.191 e. The summed E-state index contributed by atoms with van der Waals surface area (Å²) in [5.74, 6) is 1.65. The summed E-state index contributed by atoms with van der Waals surface area (Å²) in [4.78, 5) is 4.73. The molecule has 1 saturated heterocycles. The second kappa shape index (κ2) is 10.5. The van der Waals surface area contributed by atoms with Crippen molar-refractivity contribution in [1.29, 1.82) is 0 Å². The molecule has 0 amide bonds. The van der Waals surface area contributed by atoms with Gasteiger partial charge in [0.05, 0.1) is 19.3 Å². The molecule has 2 rings (SSSR count). The summed E-state index contributed by atoms with van der Waals surface area (Å²) in [5.41, 5.74) is 2.10. The van der Waals surface area contributed by atoms with Crippen molar-refractivity contribution >= 4 is 5.96 Å². The molecule has 27 heavy (non-hydrogen) atoms. The Labute approximate surface area is 163 Å². The lowest BCUT2D eigenvalue weighted by atomic mass is 9.81. The van der Waals surface area contributed by atoms with E-state index in [0.29, 0.717) is 26.3 Å². The van der Waals surface area contributed by atoms with E-state index in [-0.39, 0.29) is 18.1 Å². The molecule has 6 nitrogen and oxygen atoms in total. The molecule has 1 aliphatic rings. The molecule has 0 saturated carbocycles. The third kappa shape index (κ3) is 6.70. The molecule has 152 valence electrons. The molecule has 0 unspecified atom stereocenters. The average molecular weight is 378 g/mol. The van der Waals surface area contributed by atoms with Crippen molar-refractivity contribution in [1.82, 2.24) is 10.6 Å². The van der Waals surface area contributed by atoms with Crippen molar-refractivity contribution in [3.63, 3.8) is 0 Å². The zero-order chi connectivity index (χ0) is 19.7. The third-order valence-corrected chi connectivity index (χ3v) is 4.86. The van der Waals surface area contributed by atoms with Crippen molar-refractivity contribution in [2.24, 2.45) is 10.4 Å². The van der Waals surface area contributed by atoms with Crippen molar-refractivity contribution in [3.8, 4) is 5.75 Å². The molecule has 1 aliphatic heterocycles. The van der Waals surface area contributed by atoms with Gasteiger partial charge in [0.2, 0.25) is 0 Å². The van der Waals surface area contributed by atoms with E-state index in [4.69, 9.17) is 14.5 Å². The zero-order valence-electron chi connectivity index (χ0n) is 17.2. The number of hydrogen-bond acceptors (Lipinski definition) is 4. The van der Waals surface area contributed by atoms with Gasteiger partial charge in [-0.25, -0.2) is 4.99 Å². The molecule has 0 aromatic heterocycles. The number of ether oxygens (including phenoxy) is 2. The minimum Gasteiger partial charge on any atom is -0.491 e. The lowest BCUT2D eigenvalue weighted by Crippen LogP contribution is -2.47. The fourth-order valence-electron chi connectivity index (χ4n) is 3.13. The van der Waals surface area contributed by atoms with Crippen LogP contribution in [-0.2, 0) is 11.3 Å². The Morgan fingerprint density at radius 2 is 2.04 bits per heavy atom. The highest BCUT2D eigenvalue weighted by atomic mass is 16.5. The molecule has 0 bridgehead atoms. The largest absolute Gasteiger partial charge is 0.491 e. The van der Waals surface area contributed by atoms with Gasteiger partial charge in [-0.05, 0) is 52.2 Å². The highest BCUT2D eigenvalue weighted by molar-refractivity contribution is 5.79. The van der Waals surface area contributed by atoms with E-state index in [1.54, 1.807) is 0 Å². The summed E-state index contributed by atoms with van der Waals surface area (Å²) in [7, 11) is 0. The number of nitrogens with zero attached hydrogens (tertiary/aromatic N) is 1. The first-order valence-electron chi connectivity index (χ1n) is 9.95. The van der Waals surface area contributed by atoms with E-state index >= 15 is 0 Å². The number of aliphatic hydroxyl groups is 1. The highest BCUT2D eigenvalue weighted by Gasteiger charge is 2.32. The first kappa shape index (κ1) is 21.5. The lowest BCUT2D eigenvalue weighted by Gasteiger charge is -2.36. The van der Waals surface area contributed by atoms with Crippen molar-refractivity contribution in [3.05, 3.63) is 29.3 Å². The fraction of sp³-hybridized carbons (Fsp3) is 0.667. The number of aliphatic imine (C=N–C) groups is 1. The first-order chi connectivity index (χ1) is 13.0. The van der Waals surface area contributed by atoms with Crippen LogP contribution >= 0.6 is 0 Å². The molecule has 0 radical (unpaired) electrons. The van der Waals surface area contributed by atoms with E-state index in [1.807, 2.05) is 20.8 Å². The van der Waals surface area contributed by atoms with E-state index in [0.717, 1.165) is 36.7 Å². The van der Waals surface area contributed by atoms with Crippen LogP contribution in [0.2, 0.25) is 0 Å². The molecule has 6 heteroatoms. The topological polar surface area (TPSA) is 75.1 Å². The van der Waals surface area contributed by atoms with Gasteiger partial charge in [0.25, 0.3) is 0 Å². The number of benzene rings is 1. The van der Waals surface area contributed by atoms with Crippen LogP contribution < -0.4 is 15.4 Å². The normalized spacial score (nSPS) is 17.0. The number of guanidine groups is 1. The second-order valence-electron chi connectivity index (χ2n) is 7.60.